The van der Waals surface area contributed by atoms with Gasteiger partial charge in [0.2, 0.25) is 0 Å². The second kappa shape index (κ2) is 5.14. The summed E-state index contributed by atoms with van der Waals surface area (Å²) in [6, 6.07) is 12.3. The van der Waals surface area contributed by atoms with Crippen LogP contribution in [0.3, 0.4) is 0 Å². The smallest absolute Gasteiger partial charge is 0.129 e. The van der Waals surface area contributed by atoms with Crippen LogP contribution in [0.4, 0.5) is 4.39 Å². The summed E-state index contributed by atoms with van der Waals surface area (Å²) in [5.41, 5.74) is 1.87. The van der Waals surface area contributed by atoms with Crippen LogP contribution < -0.4 is 0 Å². The molecule has 2 rings (SSSR count). The number of benzene rings is 2. The SMILES string of the molecule is CCC(O)(c1cc(C)ccc1C)c1ccccc1F. The molecule has 1 N–H and O–H groups in total. The summed E-state index contributed by atoms with van der Waals surface area (Å²) in [5, 5.41) is 11.0. The molecule has 2 heteroatoms. The highest BCUT2D eigenvalue weighted by molar-refractivity contribution is 5.42. The van der Waals surface area contributed by atoms with Crippen molar-refractivity contribution >= 4 is 0 Å². The fourth-order valence-corrected chi connectivity index (χ4v) is 2.50. The minimum atomic E-state index is -1.28. The summed E-state index contributed by atoms with van der Waals surface area (Å²) < 4.78 is 14.0. The number of halogens is 1. The Bertz CT molecular complexity index is 592. The summed E-state index contributed by atoms with van der Waals surface area (Å²) in [5.74, 6) is -0.368. The molecule has 2 aromatic rings. The largest absolute Gasteiger partial charge is 0.380 e. The van der Waals surface area contributed by atoms with Crippen molar-refractivity contribution in [2.75, 3.05) is 0 Å². The maximum Gasteiger partial charge on any atom is 0.129 e. The number of aryl methyl sites for hydroxylation is 2. The minimum absolute atomic E-state index is 0.339. The average Bonchev–Trinajstić information content (AvgIpc) is 2.41. The predicted molar refractivity (Wildman–Crippen MR) is 75.6 cm³/mol. The van der Waals surface area contributed by atoms with Crippen molar-refractivity contribution in [3.8, 4) is 0 Å². The lowest BCUT2D eigenvalue weighted by molar-refractivity contribution is 0.0718. The summed E-state index contributed by atoms with van der Waals surface area (Å²) >= 11 is 0. The molecular formula is C17H19FO. The molecule has 0 aliphatic carbocycles. The van der Waals surface area contributed by atoms with Gasteiger partial charge in [0.15, 0.2) is 0 Å². The van der Waals surface area contributed by atoms with E-state index in [1.807, 2.05) is 39.0 Å². The first-order valence-corrected chi connectivity index (χ1v) is 6.54. The van der Waals surface area contributed by atoms with Crippen LogP contribution in [-0.4, -0.2) is 5.11 Å². The zero-order valence-electron chi connectivity index (χ0n) is 11.6. The minimum Gasteiger partial charge on any atom is -0.380 e. The van der Waals surface area contributed by atoms with Gasteiger partial charge in [-0.3, -0.25) is 0 Å². The van der Waals surface area contributed by atoms with Crippen LogP contribution in [0.25, 0.3) is 0 Å². The molecule has 1 nitrogen and oxygen atoms in total. The lowest BCUT2D eigenvalue weighted by Gasteiger charge is -2.30. The van der Waals surface area contributed by atoms with Crippen LogP contribution in [0.1, 0.15) is 35.6 Å². The molecule has 0 radical (unpaired) electrons. The van der Waals surface area contributed by atoms with Gasteiger partial charge >= 0.3 is 0 Å². The number of hydrogen-bond acceptors (Lipinski definition) is 1. The summed E-state index contributed by atoms with van der Waals surface area (Å²) in [6.45, 7) is 5.78. The maximum atomic E-state index is 14.0. The second-order valence-corrected chi connectivity index (χ2v) is 5.01. The quantitative estimate of drug-likeness (QED) is 0.879. The topological polar surface area (TPSA) is 20.2 Å². The van der Waals surface area contributed by atoms with E-state index < -0.39 is 5.60 Å². The van der Waals surface area contributed by atoms with E-state index >= 15 is 0 Å². The molecule has 0 saturated carbocycles. The fourth-order valence-electron chi connectivity index (χ4n) is 2.50. The Hall–Kier alpha value is -1.67. The van der Waals surface area contributed by atoms with E-state index in [1.165, 1.54) is 6.07 Å². The van der Waals surface area contributed by atoms with Crippen LogP contribution in [0.5, 0.6) is 0 Å². The third-order valence-corrected chi connectivity index (χ3v) is 3.67. The molecule has 0 fully saturated rings. The monoisotopic (exact) mass is 258 g/mol. The first-order valence-electron chi connectivity index (χ1n) is 6.54. The van der Waals surface area contributed by atoms with E-state index in [2.05, 4.69) is 0 Å². The molecule has 0 heterocycles. The lowest BCUT2D eigenvalue weighted by Crippen LogP contribution is -2.28. The highest BCUT2D eigenvalue weighted by Gasteiger charge is 2.33. The van der Waals surface area contributed by atoms with Crippen LogP contribution in [-0.2, 0) is 5.60 Å². The third kappa shape index (κ3) is 2.41. The molecule has 0 aliphatic rings. The van der Waals surface area contributed by atoms with Gasteiger partial charge in [-0.05, 0) is 37.5 Å². The van der Waals surface area contributed by atoms with Gasteiger partial charge in [0.05, 0.1) is 0 Å². The van der Waals surface area contributed by atoms with Crippen molar-refractivity contribution in [3.05, 3.63) is 70.5 Å². The Morgan fingerprint density at radius 2 is 1.74 bits per heavy atom. The maximum absolute atomic E-state index is 14.0. The molecule has 0 spiro atoms. The fraction of sp³-hybridized carbons (Fsp3) is 0.294. The van der Waals surface area contributed by atoms with Crippen molar-refractivity contribution in [2.45, 2.75) is 32.8 Å². The van der Waals surface area contributed by atoms with E-state index in [9.17, 15) is 9.50 Å². The normalized spacial score (nSPS) is 14.2. The third-order valence-electron chi connectivity index (χ3n) is 3.67. The zero-order valence-corrected chi connectivity index (χ0v) is 11.6. The molecule has 0 saturated heterocycles. The van der Waals surface area contributed by atoms with Gasteiger partial charge < -0.3 is 5.11 Å². The Kier molecular flexibility index (Phi) is 3.72. The Labute approximate surface area is 113 Å². The first kappa shape index (κ1) is 13.8. The van der Waals surface area contributed by atoms with Crippen LogP contribution in [0.15, 0.2) is 42.5 Å². The highest BCUT2D eigenvalue weighted by atomic mass is 19.1. The number of aliphatic hydroxyl groups is 1. The predicted octanol–water partition coefficient (Wildman–Crippen LogP) is 4.09. The summed E-state index contributed by atoms with van der Waals surface area (Å²) in [4.78, 5) is 0. The molecule has 19 heavy (non-hydrogen) atoms. The van der Waals surface area contributed by atoms with Crippen molar-refractivity contribution in [3.63, 3.8) is 0 Å². The number of rotatable bonds is 3. The van der Waals surface area contributed by atoms with Crippen LogP contribution >= 0.6 is 0 Å². The van der Waals surface area contributed by atoms with Crippen molar-refractivity contribution < 1.29 is 9.50 Å². The van der Waals surface area contributed by atoms with Gasteiger partial charge in [0, 0.05) is 5.56 Å². The number of hydrogen-bond donors (Lipinski definition) is 1. The van der Waals surface area contributed by atoms with Gasteiger partial charge in [-0.2, -0.15) is 0 Å². The van der Waals surface area contributed by atoms with Gasteiger partial charge in [0.25, 0.3) is 0 Å². The molecule has 2 aromatic carbocycles. The summed E-state index contributed by atoms with van der Waals surface area (Å²) in [7, 11) is 0. The molecular weight excluding hydrogens is 239 g/mol. The molecule has 0 aliphatic heterocycles. The molecule has 1 unspecified atom stereocenters. The molecule has 0 bridgehead atoms. The molecule has 1 atom stereocenters. The van der Waals surface area contributed by atoms with Crippen LogP contribution in [0, 0.1) is 19.7 Å². The van der Waals surface area contributed by atoms with E-state index in [0.717, 1.165) is 16.7 Å². The Morgan fingerprint density at radius 1 is 1.05 bits per heavy atom. The van der Waals surface area contributed by atoms with Gasteiger partial charge in [-0.15, -0.1) is 0 Å². The highest BCUT2D eigenvalue weighted by Crippen LogP contribution is 2.36. The van der Waals surface area contributed by atoms with Gasteiger partial charge in [-0.25, -0.2) is 4.39 Å². The van der Waals surface area contributed by atoms with E-state index in [4.69, 9.17) is 0 Å². The molecule has 0 aromatic heterocycles. The standard InChI is InChI=1S/C17H19FO/c1-4-17(19,14-7-5-6-8-16(14)18)15-11-12(2)9-10-13(15)3/h5-11,19H,4H2,1-3H3. The van der Waals surface area contributed by atoms with E-state index in [-0.39, 0.29) is 5.82 Å². The zero-order chi connectivity index (χ0) is 14.0. The van der Waals surface area contributed by atoms with E-state index in [1.54, 1.807) is 18.2 Å². The summed E-state index contributed by atoms with van der Waals surface area (Å²) in [6.07, 6.45) is 0.429. The Balaban J connectivity index is 2.66. The second-order valence-electron chi connectivity index (χ2n) is 5.01. The van der Waals surface area contributed by atoms with Crippen molar-refractivity contribution in [1.82, 2.24) is 0 Å². The van der Waals surface area contributed by atoms with Gasteiger partial charge in [0.1, 0.15) is 11.4 Å². The lowest BCUT2D eigenvalue weighted by atomic mass is 9.81. The van der Waals surface area contributed by atoms with Gasteiger partial charge in [-0.1, -0.05) is 48.9 Å². The first-order chi connectivity index (χ1) is 8.99. The van der Waals surface area contributed by atoms with E-state index in [0.29, 0.717) is 12.0 Å². The molecule has 100 valence electrons. The average molecular weight is 258 g/mol. The van der Waals surface area contributed by atoms with Crippen molar-refractivity contribution in [2.24, 2.45) is 0 Å². The van der Waals surface area contributed by atoms with Crippen LogP contribution in [0.2, 0.25) is 0 Å². The Morgan fingerprint density at radius 3 is 2.37 bits per heavy atom. The van der Waals surface area contributed by atoms with Crippen molar-refractivity contribution in [1.29, 1.82) is 0 Å². The molecule has 0 amide bonds.